The molecule has 0 unspecified atom stereocenters. The van der Waals surface area contributed by atoms with Gasteiger partial charge in [0.15, 0.2) is 13.0 Å². The summed E-state index contributed by atoms with van der Waals surface area (Å²) in [7, 11) is 0. The molecule has 0 bridgehead atoms. The van der Waals surface area contributed by atoms with Crippen LogP contribution in [0.5, 0.6) is 0 Å². The third-order valence-electron chi connectivity index (χ3n) is 3.78. The Balaban J connectivity index is 0.000000315. The Hall–Kier alpha value is -3.63. The highest BCUT2D eigenvalue weighted by Crippen LogP contribution is 1.95. The highest BCUT2D eigenvalue weighted by atomic mass is 32.2. The molecule has 3 rings (SSSR count). The largest absolute Gasteiger partial charge is 0.289 e. The van der Waals surface area contributed by atoms with Crippen LogP contribution in [0.2, 0.25) is 0 Å². The third-order valence-corrected chi connectivity index (χ3v) is 7.00. The summed E-state index contributed by atoms with van der Waals surface area (Å²) in [6.45, 7) is 0. The van der Waals surface area contributed by atoms with Crippen molar-refractivity contribution in [3.8, 4) is 0 Å². The fourth-order valence-corrected chi connectivity index (χ4v) is 2.53. The number of rotatable bonds is 3. The fraction of sp³-hybridized carbons (Fsp3) is 0.143. The predicted molar refractivity (Wildman–Crippen MR) is 176 cm³/mol. The van der Waals surface area contributed by atoms with E-state index in [-0.39, 0.29) is 34.8 Å². The second-order valence-corrected chi connectivity index (χ2v) is 10.9. The van der Waals surface area contributed by atoms with Crippen molar-refractivity contribution < 1.29 is 14.4 Å². The van der Waals surface area contributed by atoms with Gasteiger partial charge in [-0.05, 0) is 18.8 Å². The molecule has 0 aliphatic carbocycles. The van der Waals surface area contributed by atoms with Gasteiger partial charge in [-0.25, -0.2) is 15.0 Å². The molecule has 0 spiro atoms. The highest BCUT2D eigenvalue weighted by Gasteiger charge is 2.07. The zero-order valence-electron chi connectivity index (χ0n) is 22.1. The van der Waals surface area contributed by atoms with E-state index in [1.165, 1.54) is 91.1 Å². The molecule has 0 fully saturated rings. The summed E-state index contributed by atoms with van der Waals surface area (Å²) in [6.07, 6.45) is 18.4. The molecule has 42 heavy (non-hydrogen) atoms. The summed E-state index contributed by atoms with van der Waals surface area (Å²) in [5.41, 5.74) is 15.6. The normalized spacial score (nSPS) is 9.21. The van der Waals surface area contributed by atoms with Gasteiger partial charge in [-0.1, -0.05) is 71.9 Å². The lowest BCUT2D eigenvalue weighted by atomic mass is 10.4. The van der Waals surface area contributed by atoms with Crippen LogP contribution in [0.15, 0.2) is 55.8 Å². The quantitative estimate of drug-likeness (QED) is 0.169. The first-order chi connectivity index (χ1) is 20.2. The average Bonchev–Trinajstić information content (AvgIpc) is 3.06. The maximum Gasteiger partial charge on any atom is 0.289 e. The number of hydrogen-bond donors (Lipinski definition) is 6. The summed E-state index contributed by atoms with van der Waals surface area (Å²) >= 11 is 18.5. The molecule has 3 aromatic rings. The molecule has 0 aliphatic rings. The van der Waals surface area contributed by atoms with Crippen molar-refractivity contribution in [3.05, 3.63) is 72.9 Å². The number of thioether (sulfide) groups is 3. The summed E-state index contributed by atoms with van der Waals surface area (Å²) in [5.74, 6) is -1.10. The molecule has 222 valence electrons. The van der Waals surface area contributed by atoms with Gasteiger partial charge in [0.25, 0.3) is 17.7 Å². The topological polar surface area (TPSA) is 201 Å². The van der Waals surface area contributed by atoms with Gasteiger partial charge in [-0.15, -0.1) is 0 Å². The van der Waals surface area contributed by atoms with Gasteiger partial charge in [-0.2, -0.15) is 0 Å². The van der Waals surface area contributed by atoms with Gasteiger partial charge < -0.3 is 0 Å². The van der Waals surface area contributed by atoms with Crippen LogP contribution in [0.1, 0.15) is 31.5 Å². The van der Waals surface area contributed by atoms with Crippen molar-refractivity contribution in [2.75, 3.05) is 18.8 Å². The Morgan fingerprint density at radius 1 is 0.500 bits per heavy atom. The number of amides is 3. The Morgan fingerprint density at radius 3 is 0.952 bits per heavy atom. The van der Waals surface area contributed by atoms with Crippen molar-refractivity contribution >= 4 is 103 Å². The lowest BCUT2D eigenvalue weighted by Gasteiger charge is -2.05. The van der Waals surface area contributed by atoms with Crippen molar-refractivity contribution in [2.24, 2.45) is 0 Å². The number of hydrogen-bond acceptors (Lipinski definition) is 15. The van der Waals surface area contributed by atoms with E-state index in [9.17, 15) is 14.4 Å². The summed E-state index contributed by atoms with van der Waals surface area (Å²) in [5, 5.41) is 0. The second-order valence-electron chi connectivity index (χ2n) is 6.48. The molecular formula is C21H24N12O3S6. The standard InChI is InChI=1S/3C7H8N4OS2/c3*1-14-7(13)11-10-6(12)5-4-8-2-3-9-5/h3*2-4H,1H3,(H,10,12)(H,11,13). The molecule has 0 aromatic carbocycles. The van der Waals surface area contributed by atoms with E-state index >= 15 is 0 Å². The first-order valence-electron chi connectivity index (χ1n) is 10.9. The van der Waals surface area contributed by atoms with Crippen LogP contribution in [0.3, 0.4) is 0 Å². The van der Waals surface area contributed by atoms with Crippen molar-refractivity contribution in [2.45, 2.75) is 0 Å². The fourth-order valence-electron chi connectivity index (χ4n) is 1.92. The van der Waals surface area contributed by atoms with E-state index in [4.69, 9.17) is 36.7 Å². The number of carbonyl (C=O) groups excluding carboxylic acids is 3. The Morgan fingerprint density at radius 2 is 0.762 bits per heavy atom. The van der Waals surface area contributed by atoms with Crippen LogP contribution in [0.4, 0.5) is 0 Å². The van der Waals surface area contributed by atoms with Gasteiger partial charge in [0.05, 0.1) is 18.6 Å². The molecule has 21 heteroatoms. The zero-order chi connectivity index (χ0) is 31.2. The maximum atomic E-state index is 11.3. The second kappa shape index (κ2) is 22.0. The van der Waals surface area contributed by atoms with Gasteiger partial charge in [0.1, 0.15) is 17.1 Å². The van der Waals surface area contributed by atoms with Crippen molar-refractivity contribution in [1.29, 1.82) is 0 Å². The molecule has 0 radical (unpaired) electrons. The number of thiocarbonyl (C=S) groups is 3. The van der Waals surface area contributed by atoms with E-state index in [1.54, 1.807) is 0 Å². The monoisotopic (exact) mass is 684 g/mol. The van der Waals surface area contributed by atoms with Gasteiger partial charge >= 0.3 is 0 Å². The minimum absolute atomic E-state index is 0.240. The first kappa shape index (κ1) is 36.4. The molecule has 6 N–H and O–H groups in total. The van der Waals surface area contributed by atoms with Crippen LogP contribution in [0, 0.1) is 0 Å². The maximum absolute atomic E-state index is 11.3. The van der Waals surface area contributed by atoms with Gasteiger partial charge in [0, 0.05) is 37.2 Å². The molecular weight excluding hydrogens is 661 g/mol. The number of aromatic nitrogens is 6. The number of nitrogens with one attached hydrogen (secondary N) is 6. The van der Waals surface area contributed by atoms with E-state index in [0.29, 0.717) is 13.0 Å². The average molecular weight is 685 g/mol. The van der Waals surface area contributed by atoms with Crippen LogP contribution in [-0.2, 0) is 0 Å². The molecule has 3 amide bonds. The molecule has 3 aromatic heterocycles. The summed E-state index contributed by atoms with van der Waals surface area (Å²) in [4.78, 5) is 56.7. The van der Waals surface area contributed by atoms with E-state index in [2.05, 4.69) is 62.5 Å². The van der Waals surface area contributed by atoms with Crippen LogP contribution in [0.25, 0.3) is 0 Å². The Bertz CT molecular complexity index is 1150. The van der Waals surface area contributed by atoms with Crippen molar-refractivity contribution in [3.63, 3.8) is 0 Å². The SMILES string of the molecule is CSC(=S)NNC(=O)c1cnccn1.CSC(=S)NNC(=O)c1cnccn1.CSC(=S)NNC(=O)c1cnccn1. The highest BCUT2D eigenvalue weighted by molar-refractivity contribution is 8.23. The van der Waals surface area contributed by atoms with Gasteiger partial charge in [-0.3, -0.25) is 61.9 Å². The molecule has 0 atom stereocenters. The van der Waals surface area contributed by atoms with E-state index < -0.39 is 0 Å². The van der Waals surface area contributed by atoms with E-state index in [1.807, 2.05) is 18.8 Å². The summed E-state index contributed by atoms with van der Waals surface area (Å²) in [6, 6.07) is 0. The van der Waals surface area contributed by atoms with Crippen LogP contribution >= 0.6 is 71.9 Å². The number of nitrogens with zero attached hydrogens (tertiary/aromatic N) is 6. The molecule has 0 saturated heterocycles. The molecule has 0 aliphatic heterocycles. The van der Waals surface area contributed by atoms with Crippen LogP contribution < -0.4 is 32.6 Å². The smallest absolute Gasteiger partial charge is 0.283 e. The van der Waals surface area contributed by atoms with Crippen molar-refractivity contribution in [1.82, 2.24) is 62.5 Å². The molecule has 0 saturated carbocycles. The molecule has 15 nitrogen and oxygen atoms in total. The first-order valence-corrected chi connectivity index (χ1v) is 15.8. The number of carbonyl (C=O) groups is 3. The minimum atomic E-state index is -0.366. The van der Waals surface area contributed by atoms with E-state index in [0.717, 1.165) is 0 Å². The number of hydrazine groups is 3. The Kier molecular flexibility index (Phi) is 19.1. The third kappa shape index (κ3) is 16.0. The zero-order valence-corrected chi connectivity index (χ0v) is 27.0. The van der Waals surface area contributed by atoms with Crippen LogP contribution in [-0.4, -0.2) is 79.4 Å². The Labute approximate surface area is 269 Å². The molecule has 3 heterocycles. The lowest BCUT2D eigenvalue weighted by molar-refractivity contribution is 0.0931. The lowest BCUT2D eigenvalue weighted by Crippen LogP contribution is -2.39. The predicted octanol–water partition coefficient (Wildman–Crippen LogP) is 1.08. The summed E-state index contributed by atoms with van der Waals surface area (Å²) < 4.78 is 1.46. The van der Waals surface area contributed by atoms with Gasteiger partial charge in [0.2, 0.25) is 0 Å². The minimum Gasteiger partial charge on any atom is -0.283 e.